The maximum Gasteiger partial charge on any atom is 0.119 e. The van der Waals surface area contributed by atoms with Crippen molar-refractivity contribution in [1.29, 1.82) is 0 Å². The minimum absolute atomic E-state index is 0.339. The molecule has 0 amide bonds. The van der Waals surface area contributed by atoms with E-state index in [4.69, 9.17) is 0 Å². The summed E-state index contributed by atoms with van der Waals surface area (Å²) in [6.45, 7) is 2.02. The summed E-state index contributed by atoms with van der Waals surface area (Å²) in [5.74, 6) is 0.339. The Morgan fingerprint density at radius 2 is 2.07 bits per heavy atom. The molecule has 2 nitrogen and oxygen atoms in total. The van der Waals surface area contributed by atoms with Crippen LogP contribution in [0.4, 0.5) is 0 Å². The van der Waals surface area contributed by atoms with Crippen molar-refractivity contribution in [3.05, 3.63) is 59.4 Å². The van der Waals surface area contributed by atoms with Crippen molar-refractivity contribution >= 4 is 0 Å². The number of nitrogens with zero attached hydrogens (tertiary/aromatic N) is 1. The molecule has 1 aromatic heterocycles. The van der Waals surface area contributed by atoms with Crippen LogP contribution >= 0.6 is 0 Å². The van der Waals surface area contributed by atoms with Crippen LogP contribution in [0.5, 0.6) is 5.75 Å². The zero-order valence-electron chi connectivity index (χ0n) is 8.64. The van der Waals surface area contributed by atoms with Gasteiger partial charge in [0.2, 0.25) is 0 Å². The third-order valence-corrected chi connectivity index (χ3v) is 2.33. The molecule has 0 spiro atoms. The second-order valence-electron chi connectivity index (χ2n) is 3.63. The summed E-state index contributed by atoms with van der Waals surface area (Å²) in [5, 5.41) is 9.67. The number of aromatic nitrogens is 1. The molecule has 0 saturated carbocycles. The van der Waals surface area contributed by atoms with E-state index in [9.17, 15) is 5.11 Å². The number of phenolic OH excluding ortho intramolecular Hbond substituents is 1. The molecule has 0 atom stereocenters. The fourth-order valence-corrected chi connectivity index (χ4v) is 1.55. The molecular weight excluding hydrogens is 186 g/mol. The van der Waals surface area contributed by atoms with Crippen LogP contribution in [-0.2, 0) is 6.42 Å². The first-order valence-corrected chi connectivity index (χ1v) is 4.94. The van der Waals surface area contributed by atoms with Crippen molar-refractivity contribution in [2.75, 3.05) is 0 Å². The predicted molar refractivity (Wildman–Crippen MR) is 59.9 cm³/mol. The van der Waals surface area contributed by atoms with Gasteiger partial charge in [0.25, 0.3) is 0 Å². The van der Waals surface area contributed by atoms with Gasteiger partial charge in [-0.05, 0) is 25.1 Å². The van der Waals surface area contributed by atoms with Crippen molar-refractivity contribution in [2.45, 2.75) is 13.3 Å². The standard InChI is InChI=1S/C13H13NO/c1-10-5-6-13(15)11(8-10)9-12-4-2-3-7-14-12/h2-8,15H,9H2,1H3. The first-order valence-electron chi connectivity index (χ1n) is 4.94. The zero-order valence-corrected chi connectivity index (χ0v) is 8.64. The van der Waals surface area contributed by atoms with E-state index in [1.165, 1.54) is 0 Å². The van der Waals surface area contributed by atoms with Gasteiger partial charge in [-0.1, -0.05) is 23.8 Å². The number of aryl methyl sites for hydroxylation is 1. The molecule has 15 heavy (non-hydrogen) atoms. The van der Waals surface area contributed by atoms with E-state index in [0.717, 1.165) is 16.8 Å². The molecule has 0 saturated heterocycles. The molecule has 0 unspecified atom stereocenters. The molecule has 0 bridgehead atoms. The molecule has 76 valence electrons. The molecule has 2 rings (SSSR count). The summed E-state index contributed by atoms with van der Waals surface area (Å²) < 4.78 is 0. The van der Waals surface area contributed by atoms with Gasteiger partial charge in [0.1, 0.15) is 5.75 Å². The highest BCUT2D eigenvalue weighted by molar-refractivity contribution is 5.38. The van der Waals surface area contributed by atoms with E-state index in [2.05, 4.69) is 4.98 Å². The van der Waals surface area contributed by atoms with Gasteiger partial charge in [0.15, 0.2) is 0 Å². The third kappa shape index (κ3) is 2.34. The fourth-order valence-electron chi connectivity index (χ4n) is 1.55. The lowest BCUT2D eigenvalue weighted by Gasteiger charge is -2.05. The van der Waals surface area contributed by atoms with Gasteiger partial charge >= 0.3 is 0 Å². The van der Waals surface area contributed by atoms with Crippen LogP contribution in [0.3, 0.4) is 0 Å². The molecule has 1 aromatic carbocycles. The lowest BCUT2D eigenvalue weighted by molar-refractivity contribution is 0.469. The Labute approximate surface area is 89.2 Å². The first-order chi connectivity index (χ1) is 7.25. The molecular formula is C13H13NO. The van der Waals surface area contributed by atoms with Gasteiger partial charge in [-0.2, -0.15) is 0 Å². The summed E-state index contributed by atoms with van der Waals surface area (Å²) >= 11 is 0. The van der Waals surface area contributed by atoms with Gasteiger partial charge in [-0.25, -0.2) is 0 Å². The lowest BCUT2D eigenvalue weighted by Crippen LogP contribution is -1.92. The normalized spacial score (nSPS) is 10.2. The Bertz CT molecular complexity index is 451. The summed E-state index contributed by atoms with van der Waals surface area (Å²) in [5.41, 5.74) is 3.05. The Balaban J connectivity index is 2.28. The molecule has 2 aromatic rings. The highest BCUT2D eigenvalue weighted by Gasteiger charge is 2.02. The van der Waals surface area contributed by atoms with E-state index < -0.39 is 0 Å². The molecule has 2 heteroatoms. The first kappa shape index (κ1) is 9.71. The summed E-state index contributed by atoms with van der Waals surface area (Å²) in [6, 6.07) is 11.4. The van der Waals surface area contributed by atoms with E-state index in [0.29, 0.717) is 12.2 Å². The highest BCUT2D eigenvalue weighted by Crippen LogP contribution is 2.20. The van der Waals surface area contributed by atoms with Crippen molar-refractivity contribution in [3.63, 3.8) is 0 Å². The third-order valence-electron chi connectivity index (χ3n) is 2.33. The zero-order chi connectivity index (χ0) is 10.7. The Hall–Kier alpha value is -1.83. The van der Waals surface area contributed by atoms with E-state index >= 15 is 0 Å². The summed E-state index contributed by atoms with van der Waals surface area (Å²) in [6.07, 6.45) is 2.44. The molecule has 0 fully saturated rings. The lowest BCUT2D eigenvalue weighted by atomic mass is 10.1. The van der Waals surface area contributed by atoms with Crippen LogP contribution in [0.1, 0.15) is 16.8 Å². The largest absolute Gasteiger partial charge is 0.508 e. The Morgan fingerprint density at radius 3 is 2.80 bits per heavy atom. The molecule has 0 radical (unpaired) electrons. The minimum Gasteiger partial charge on any atom is -0.508 e. The van der Waals surface area contributed by atoms with Gasteiger partial charge < -0.3 is 5.11 Å². The molecule has 0 aliphatic heterocycles. The minimum atomic E-state index is 0.339. The van der Waals surface area contributed by atoms with Crippen LogP contribution in [0.25, 0.3) is 0 Å². The van der Waals surface area contributed by atoms with Gasteiger partial charge in [-0.3, -0.25) is 4.98 Å². The van der Waals surface area contributed by atoms with Crippen molar-refractivity contribution in [2.24, 2.45) is 0 Å². The van der Waals surface area contributed by atoms with Gasteiger partial charge in [0.05, 0.1) is 0 Å². The smallest absolute Gasteiger partial charge is 0.119 e. The maximum absolute atomic E-state index is 9.67. The second-order valence-corrected chi connectivity index (χ2v) is 3.63. The van der Waals surface area contributed by atoms with Crippen LogP contribution in [0.15, 0.2) is 42.6 Å². The Morgan fingerprint density at radius 1 is 1.20 bits per heavy atom. The van der Waals surface area contributed by atoms with E-state index in [-0.39, 0.29) is 0 Å². The van der Waals surface area contributed by atoms with Crippen LogP contribution in [0, 0.1) is 6.92 Å². The number of aromatic hydroxyl groups is 1. The maximum atomic E-state index is 9.67. The topological polar surface area (TPSA) is 33.1 Å². The van der Waals surface area contributed by atoms with E-state index in [1.54, 1.807) is 12.3 Å². The van der Waals surface area contributed by atoms with Crippen LogP contribution < -0.4 is 0 Å². The summed E-state index contributed by atoms with van der Waals surface area (Å²) in [7, 11) is 0. The molecule has 0 aliphatic rings. The molecule has 1 N–H and O–H groups in total. The van der Waals surface area contributed by atoms with Crippen molar-refractivity contribution in [3.8, 4) is 5.75 Å². The van der Waals surface area contributed by atoms with Crippen LogP contribution in [0.2, 0.25) is 0 Å². The second kappa shape index (κ2) is 4.13. The summed E-state index contributed by atoms with van der Waals surface area (Å²) in [4.78, 5) is 4.23. The number of hydrogen-bond acceptors (Lipinski definition) is 2. The SMILES string of the molecule is Cc1ccc(O)c(Cc2ccccn2)c1. The fraction of sp³-hybridized carbons (Fsp3) is 0.154. The average molecular weight is 199 g/mol. The quantitative estimate of drug-likeness (QED) is 0.806. The highest BCUT2D eigenvalue weighted by atomic mass is 16.3. The number of pyridine rings is 1. The average Bonchev–Trinajstić information content (AvgIpc) is 2.25. The molecule has 1 heterocycles. The van der Waals surface area contributed by atoms with Gasteiger partial charge in [-0.15, -0.1) is 0 Å². The number of phenols is 1. The van der Waals surface area contributed by atoms with Crippen molar-refractivity contribution in [1.82, 2.24) is 4.98 Å². The van der Waals surface area contributed by atoms with Crippen molar-refractivity contribution < 1.29 is 5.11 Å². The molecule has 0 aliphatic carbocycles. The predicted octanol–water partition coefficient (Wildman–Crippen LogP) is 2.69. The van der Waals surface area contributed by atoms with Gasteiger partial charge in [0, 0.05) is 23.9 Å². The number of benzene rings is 1. The van der Waals surface area contributed by atoms with Crippen LogP contribution in [-0.4, -0.2) is 10.1 Å². The monoisotopic (exact) mass is 199 g/mol. The number of rotatable bonds is 2. The Kier molecular flexibility index (Phi) is 2.68. The number of hydrogen-bond donors (Lipinski definition) is 1. The van der Waals surface area contributed by atoms with E-state index in [1.807, 2.05) is 37.3 Å².